The Bertz CT molecular complexity index is 1220. The number of ketones is 1. The van der Waals surface area contributed by atoms with Crippen LogP contribution in [0.1, 0.15) is 40.0 Å². The standard InChI is InChI=1S/C27H28FN3O6/c28-19-8-6-17(7-9-19)24(34)18-10-14-30(15-11-18)12-3-13-31-25(21(27(36)37)16-23(32)33)29-22-5-2-1-4-20(22)26(31)35/h1-2,4-9,16,18,25,29H,3,10-15H2,(H,32,33)(H,36,37)/b21-16-. The van der Waals surface area contributed by atoms with Gasteiger partial charge < -0.3 is 25.3 Å². The van der Waals surface area contributed by atoms with E-state index in [-0.39, 0.29) is 30.0 Å². The molecule has 2 aromatic rings. The maximum Gasteiger partial charge on any atom is 0.335 e. The second-order valence-electron chi connectivity index (χ2n) is 9.17. The first-order valence-corrected chi connectivity index (χ1v) is 12.1. The van der Waals surface area contributed by atoms with Gasteiger partial charge in [-0.2, -0.15) is 0 Å². The van der Waals surface area contributed by atoms with Crippen LogP contribution in [0.5, 0.6) is 0 Å². The molecule has 0 spiro atoms. The van der Waals surface area contributed by atoms with Gasteiger partial charge in [-0.3, -0.25) is 9.59 Å². The molecule has 1 atom stereocenters. The first-order valence-electron chi connectivity index (χ1n) is 12.1. The van der Waals surface area contributed by atoms with Gasteiger partial charge >= 0.3 is 11.9 Å². The third-order valence-corrected chi connectivity index (χ3v) is 6.80. The molecular formula is C27H28FN3O6. The van der Waals surface area contributed by atoms with Crippen molar-refractivity contribution < 1.29 is 33.8 Å². The predicted molar refractivity (Wildman–Crippen MR) is 133 cm³/mol. The average molecular weight is 510 g/mol. The second-order valence-corrected chi connectivity index (χ2v) is 9.17. The normalized spacial score (nSPS) is 18.7. The zero-order chi connectivity index (χ0) is 26.5. The van der Waals surface area contributed by atoms with E-state index in [4.69, 9.17) is 0 Å². The molecule has 0 saturated carbocycles. The highest BCUT2D eigenvalue weighted by atomic mass is 19.1. The number of nitrogens with one attached hydrogen (secondary N) is 1. The van der Waals surface area contributed by atoms with Crippen LogP contribution in [0.15, 0.2) is 60.2 Å². The lowest BCUT2D eigenvalue weighted by atomic mass is 9.89. The van der Waals surface area contributed by atoms with Gasteiger partial charge in [0.2, 0.25) is 0 Å². The molecule has 37 heavy (non-hydrogen) atoms. The van der Waals surface area contributed by atoms with Crippen LogP contribution in [0.4, 0.5) is 10.1 Å². The number of amides is 1. The van der Waals surface area contributed by atoms with Gasteiger partial charge in [-0.15, -0.1) is 0 Å². The number of rotatable bonds is 9. The summed E-state index contributed by atoms with van der Waals surface area (Å²) < 4.78 is 13.2. The van der Waals surface area contributed by atoms with E-state index in [0.717, 1.165) is 0 Å². The Morgan fingerprint density at radius 3 is 2.32 bits per heavy atom. The molecule has 0 bridgehead atoms. The van der Waals surface area contributed by atoms with E-state index >= 15 is 0 Å². The van der Waals surface area contributed by atoms with Gasteiger partial charge in [0.1, 0.15) is 12.0 Å². The van der Waals surface area contributed by atoms with Gasteiger partial charge in [0.15, 0.2) is 5.78 Å². The van der Waals surface area contributed by atoms with Gasteiger partial charge in [0, 0.05) is 29.8 Å². The zero-order valence-electron chi connectivity index (χ0n) is 20.1. The number of piperidine rings is 1. The number of aliphatic carboxylic acids is 2. The summed E-state index contributed by atoms with van der Waals surface area (Å²) in [7, 11) is 0. The Labute approximate surface area is 213 Å². The number of Topliss-reactive ketones (excluding diaryl/α,β-unsaturated/α-hetero) is 1. The lowest BCUT2D eigenvalue weighted by molar-refractivity contribution is -0.135. The fraction of sp³-hybridized carbons (Fsp3) is 0.333. The number of carboxylic acid groups (broad SMARTS) is 2. The highest BCUT2D eigenvalue weighted by Gasteiger charge is 2.36. The van der Waals surface area contributed by atoms with Gasteiger partial charge in [-0.1, -0.05) is 12.1 Å². The van der Waals surface area contributed by atoms with Crippen molar-refractivity contribution in [3.63, 3.8) is 0 Å². The third kappa shape index (κ3) is 6.03. The topological polar surface area (TPSA) is 127 Å². The van der Waals surface area contributed by atoms with Crippen molar-refractivity contribution >= 4 is 29.3 Å². The summed E-state index contributed by atoms with van der Waals surface area (Å²) in [5.74, 6) is -3.71. The van der Waals surface area contributed by atoms with Crippen molar-refractivity contribution in [3.05, 3.63) is 77.1 Å². The molecule has 1 unspecified atom stereocenters. The van der Waals surface area contributed by atoms with E-state index < -0.39 is 23.7 Å². The fourth-order valence-electron chi connectivity index (χ4n) is 4.89. The highest BCUT2D eigenvalue weighted by molar-refractivity contribution is 6.04. The largest absolute Gasteiger partial charge is 0.478 e. The monoisotopic (exact) mass is 509 g/mol. The zero-order valence-corrected chi connectivity index (χ0v) is 20.1. The van der Waals surface area contributed by atoms with Crippen LogP contribution < -0.4 is 5.32 Å². The molecule has 1 fully saturated rings. The molecule has 2 aliphatic heterocycles. The summed E-state index contributed by atoms with van der Waals surface area (Å²) in [6.45, 7) is 2.22. The van der Waals surface area contributed by atoms with Crippen LogP contribution in [0.25, 0.3) is 0 Å². The Morgan fingerprint density at radius 1 is 1.00 bits per heavy atom. The number of halogens is 1. The number of anilines is 1. The molecule has 0 radical (unpaired) electrons. The second kappa shape index (κ2) is 11.3. The number of para-hydroxylation sites is 1. The molecule has 0 aliphatic carbocycles. The Balaban J connectivity index is 1.38. The lowest BCUT2D eigenvalue weighted by Gasteiger charge is -2.38. The van der Waals surface area contributed by atoms with E-state index in [0.29, 0.717) is 61.8 Å². The molecule has 2 aromatic carbocycles. The summed E-state index contributed by atoms with van der Waals surface area (Å²) in [5, 5.41) is 21.8. The summed E-state index contributed by atoms with van der Waals surface area (Å²) >= 11 is 0. The van der Waals surface area contributed by atoms with Crippen LogP contribution in [0, 0.1) is 11.7 Å². The molecule has 1 amide bonds. The van der Waals surface area contributed by atoms with Crippen LogP contribution in [0.2, 0.25) is 0 Å². The summed E-state index contributed by atoms with van der Waals surface area (Å²) in [6.07, 6.45) is 1.34. The van der Waals surface area contributed by atoms with Crippen LogP contribution in [0.3, 0.4) is 0 Å². The number of likely N-dealkylation sites (tertiary alicyclic amines) is 1. The van der Waals surface area contributed by atoms with Crippen LogP contribution >= 0.6 is 0 Å². The van der Waals surface area contributed by atoms with Crippen molar-refractivity contribution in [2.24, 2.45) is 5.92 Å². The van der Waals surface area contributed by atoms with E-state index in [2.05, 4.69) is 10.2 Å². The number of hydrogen-bond donors (Lipinski definition) is 3. The SMILES string of the molecule is O=C(O)/C=C(\C(=O)O)C1Nc2ccccc2C(=O)N1CCCN1CCC(C(=O)c2ccc(F)cc2)CC1. The summed E-state index contributed by atoms with van der Waals surface area (Å²) in [5.41, 5.74) is 0.902. The predicted octanol–water partition coefficient (Wildman–Crippen LogP) is 3.10. The van der Waals surface area contributed by atoms with Crippen molar-refractivity contribution in [1.29, 1.82) is 0 Å². The third-order valence-electron chi connectivity index (χ3n) is 6.80. The van der Waals surface area contributed by atoms with E-state index in [1.807, 2.05) is 0 Å². The number of benzene rings is 2. The van der Waals surface area contributed by atoms with Crippen LogP contribution in [-0.4, -0.2) is 76.0 Å². The number of carbonyl (C=O) groups excluding carboxylic acids is 2. The minimum absolute atomic E-state index is 0.0116. The molecule has 10 heteroatoms. The lowest BCUT2D eigenvalue weighted by Crippen LogP contribution is -2.52. The van der Waals surface area contributed by atoms with Gasteiger partial charge in [0.25, 0.3) is 5.91 Å². The molecule has 9 nitrogen and oxygen atoms in total. The molecule has 1 saturated heterocycles. The number of carboxylic acids is 2. The van der Waals surface area contributed by atoms with Crippen molar-refractivity contribution in [2.75, 3.05) is 31.5 Å². The van der Waals surface area contributed by atoms with Gasteiger partial charge in [-0.05, 0) is 75.3 Å². The van der Waals surface area contributed by atoms with Gasteiger partial charge in [0.05, 0.1) is 11.1 Å². The van der Waals surface area contributed by atoms with E-state index in [9.17, 15) is 33.8 Å². The molecule has 2 aliphatic rings. The number of hydrogen-bond acceptors (Lipinski definition) is 6. The molecule has 3 N–H and O–H groups in total. The summed E-state index contributed by atoms with van der Waals surface area (Å²) in [6, 6.07) is 12.3. The van der Waals surface area contributed by atoms with E-state index in [1.54, 1.807) is 24.3 Å². The maximum atomic E-state index is 13.2. The minimum atomic E-state index is -1.43. The first kappa shape index (κ1) is 26.0. The minimum Gasteiger partial charge on any atom is -0.478 e. The fourth-order valence-corrected chi connectivity index (χ4v) is 4.89. The maximum absolute atomic E-state index is 13.2. The van der Waals surface area contributed by atoms with Crippen molar-refractivity contribution in [3.8, 4) is 0 Å². The smallest absolute Gasteiger partial charge is 0.335 e. The average Bonchev–Trinajstić information content (AvgIpc) is 2.89. The molecule has 2 heterocycles. The number of carbonyl (C=O) groups is 4. The number of fused-ring (bicyclic) bond motifs is 1. The van der Waals surface area contributed by atoms with Crippen LogP contribution in [-0.2, 0) is 9.59 Å². The summed E-state index contributed by atoms with van der Waals surface area (Å²) in [4.78, 5) is 52.6. The van der Waals surface area contributed by atoms with Crippen molar-refractivity contribution in [1.82, 2.24) is 9.80 Å². The molecule has 194 valence electrons. The van der Waals surface area contributed by atoms with Crippen molar-refractivity contribution in [2.45, 2.75) is 25.4 Å². The quantitative estimate of drug-likeness (QED) is 0.348. The van der Waals surface area contributed by atoms with Gasteiger partial charge in [-0.25, -0.2) is 14.0 Å². The van der Waals surface area contributed by atoms with E-state index in [1.165, 1.54) is 29.2 Å². The Morgan fingerprint density at radius 2 is 1.68 bits per heavy atom. The molecular weight excluding hydrogens is 481 g/mol. The Hall–Kier alpha value is -4.05. The highest BCUT2D eigenvalue weighted by Crippen LogP contribution is 2.29. The molecule has 0 aromatic heterocycles. The molecule has 4 rings (SSSR count). The number of nitrogens with zero attached hydrogens (tertiary/aromatic N) is 2. The Kier molecular flexibility index (Phi) is 7.98. The first-order chi connectivity index (χ1) is 17.7.